The lowest BCUT2D eigenvalue weighted by Gasteiger charge is -2.20. The first-order valence-electron chi connectivity index (χ1n) is 5.99. The molecule has 3 nitrogen and oxygen atoms in total. The first kappa shape index (κ1) is 13.7. The van der Waals surface area contributed by atoms with Crippen LogP contribution in [0.15, 0.2) is 30.3 Å². The third-order valence-electron chi connectivity index (χ3n) is 2.71. The lowest BCUT2D eigenvalue weighted by atomic mass is 10.1. The molecule has 0 aliphatic carbocycles. The van der Waals surface area contributed by atoms with Crippen LogP contribution in [0, 0.1) is 11.3 Å². The van der Waals surface area contributed by atoms with Crippen LogP contribution in [0.3, 0.4) is 0 Å². The monoisotopic (exact) mass is 232 g/mol. The van der Waals surface area contributed by atoms with Crippen molar-refractivity contribution < 1.29 is 4.74 Å². The first-order chi connectivity index (χ1) is 8.36. The maximum absolute atomic E-state index is 8.62. The second-order valence-corrected chi connectivity index (χ2v) is 3.98. The standard InChI is InChI=1S/C14H20N2O/c1-17-13-12-16(10-5-9-15)11-8-14-6-3-2-4-7-14/h2-4,6-7H,5,8,10-13H2,1H3. The van der Waals surface area contributed by atoms with E-state index in [1.807, 2.05) is 6.07 Å². The van der Waals surface area contributed by atoms with Crippen LogP contribution in [0.2, 0.25) is 0 Å². The smallest absolute Gasteiger partial charge is 0.0635 e. The topological polar surface area (TPSA) is 36.3 Å². The van der Waals surface area contributed by atoms with Crippen LogP contribution in [0.5, 0.6) is 0 Å². The molecule has 1 aromatic rings. The SMILES string of the molecule is COCCN(CCC#N)CCc1ccccc1. The summed E-state index contributed by atoms with van der Waals surface area (Å²) in [7, 11) is 1.71. The number of hydrogen-bond donors (Lipinski definition) is 0. The van der Waals surface area contributed by atoms with Crippen molar-refractivity contribution in [3.05, 3.63) is 35.9 Å². The van der Waals surface area contributed by atoms with E-state index < -0.39 is 0 Å². The minimum Gasteiger partial charge on any atom is -0.383 e. The largest absolute Gasteiger partial charge is 0.383 e. The van der Waals surface area contributed by atoms with E-state index in [2.05, 4.69) is 35.2 Å². The molecule has 17 heavy (non-hydrogen) atoms. The molecule has 0 atom stereocenters. The predicted octanol–water partition coefficient (Wildman–Crippen LogP) is 2.09. The highest BCUT2D eigenvalue weighted by Crippen LogP contribution is 2.02. The van der Waals surface area contributed by atoms with Crippen molar-refractivity contribution in [2.45, 2.75) is 12.8 Å². The Balaban J connectivity index is 2.35. The van der Waals surface area contributed by atoms with Crippen LogP contribution in [-0.2, 0) is 11.2 Å². The van der Waals surface area contributed by atoms with E-state index in [0.29, 0.717) is 6.42 Å². The van der Waals surface area contributed by atoms with Crippen molar-refractivity contribution in [1.29, 1.82) is 5.26 Å². The second-order valence-electron chi connectivity index (χ2n) is 3.98. The molecule has 0 amide bonds. The molecule has 0 spiro atoms. The van der Waals surface area contributed by atoms with Gasteiger partial charge in [-0.3, -0.25) is 4.90 Å². The Morgan fingerprint density at radius 2 is 1.94 bits per heavy atom. The van der Waals surface area contributed by atoms with Crippen LogP contribution in [0.4, 0.5) is 0 Å². The Morgan fingerprint density at radius 3 is 2.59 bits per heavy atom. The Morgan fingerprint density at radius 1 is 1.18 bits per heavy atom. The fourth-order valence-electron chi connectivity index (χ4n) is 1.70. The molecule has 0 aromatic heterocycles. The molecule has 0 aliphatic rings. The zero-order valence-corrected chi connectivity index (χ0v) is 10.4. The highest BCUT2D eigenvalue weighted by atomic mass is 16.5. The van der Waals surface area contributed by atoms with Gasteiger partial charge < -0.3 is 4.74 Å². The number of methoxy groups -OCH3 is 1. The zero-order valence-electron chi connectivity index (χ0n) is 10.4. The molecular weight excluding hydrogens is 212 g/mol. The molecule has 92 valence electrons. The first-order valence-corrected chi connectivity index (χ1v) is 5.99. The van der Waals surface area contributed by atoms with Gasteiger partial charge in [0.05, 0.1) is 12.7 Å². The second kappa shape index (κ2) is 8.74. The summed E-state index contributed by atoms with van der Waals surface area (Å²) in [5.41, 5.74) is 1.34. The summed E-state index contributed by atoms with van der Waals surface area (Å²) in [5.74, 6) is 0. The van der Waals surface area contributed by atoms with Gasteiger partial charge in [-0.1, -0.05) is 30.3 Å². The lowest BCUT2D eigenvalue weighted by molar-refractivity contribution is 0.149. The molecule has 0 saturated heterocycles. The van der Waals surface area contributed by atoms with Crippen LogP contribution in [0.1, 0.15) is 12.0 Å². The number of hydrogen-bond acceptors (Lipinski definition) is 3. The van der Waals surface area contributed by atoms with Crippen LogP contribution < -0.4 is 0 Å². The van der Waals surface area contributed by atoms with Gasteiger partial charge in [-0.2, -0.15) is 5.26 Å². The summed E-state index contributed by atoms with van der Waals surface area (Å²) in [6, 6.07) is 12.6. The summed E-state index contributed by atoms with van der Waals surface area (Å²) < 4.78 is 5.08. The third-order valence-corrected chi connectivity index (χ3v) is 2.71. The lowest BCUT2D eigenvalue weighted by Crippen LogP contribution is -2.30. The van der Waals surface area contributed by atoms with Gasteiger partial charge in [0.1, 0.15) is 0 Å². The summed E-state index contributed by atoms with van der Waals surface area (Å²) >= 11 is 0. The van der Waals surface area contributed by atoms with E-state index in [1.165, 1.54) is 5.56 Å². The van der Waals surface area contributed by atoms with Crippen molar-refractivity contribution in [2.24, 2.45) is 0 Å². The quantitative estimate of drug-likeness (QED) is 0.688. The Labute approximate surface area is 104 Å². The molecule has 1 rings (SSSR count). The van der Waals surface area contributed by atoms with Crippen LogP contribution in [0.25, 0.3) is 0 Å². The molecule has 3 heteroatoms. The molecule has 0 unspecified atom stereocenters. The van der Waals surface area contributed by atoms with Gasteiger partial charge in [-0.25, -0.2) is 0 Å². The molecule has 0 N–H and O–H groups in total. The van der Waals surface area contributed by atoms with Crippen molar-refractivity contribution in [3.63, 3.8) is 0 Å². The Bertz CT molecular complexity index is 332. The average molecular weight is 232 g/mol. The van der Waals surface area contributed by atoms with E-state index in [-0.39, 0.29) is 0 Å². The van der Waals surface area contributed by atoms with Crippen molar-refractivity contribution in [2.75, 3.05) is 33.4 Å². The number of rotatable bonds is 8. The zero-order chi connectivity index (χ0) is 12.3. The van der Waals surface area contributed by atoms with Crippen molar-refractivity contribution >= 4 is 0 Å². The summed E-state index contributed by atoms with van der Waals surface area (Å²) in [5, 5.41) is 8.62. The molecule has 0 aliphatic heterocycles. The van der Waals surface area contributed by atoms with Gasteiger partial charge in [0, 0.05) is 33.2 Å². The molecule has 0 fully saturated rings. The molecule has 0 bridgehead atoms. The minimum atomic E-state index is 0.582. The maximum Gasteiger partial charge on any atom is 0.0635 e. The predicted molar refractivity (Wildman–Crippen MR) is 68.7 cm³/mol. The maximum atomic E-state index is 8.62. The van der Waals surface area contributed by atoms with Gasteiger partial charge in [0.15, 0.2) is 0 Å². The Kier molecular flexibility index (Phi) is 7.04. The van der Waals surface area contributed by atoms with Gasteiger partial charge in [-0.15, -0.1) is 0 Å². The van der Waals surface area contributed by atoms with Gasteiger partial charge in [0.25, 0.3) is 0 Å². The minimum absolute atomic E-state index is 0.582. The summed E-state index contributed by atoms with van der Waals surface area (Å²) in [6.07, 6.45) is 1.61. The van der Waals surface area contributed by atoms with Gasteiger partial charge in [0.2, 0.25) is 0 Å². The highest BCUT2D eigenvalue weighted by Gasteiger charge is 2.04. The highest BCUT2D eigenvalue weighted by molar-refractivity contribution is 5.14. The Hall–Kier alpha value is -1.37. The van der Waals surface area contributed by atoms with Crippen molar-refractivity contribution in [3.8, 4) is 6.07 Å². The average Bonchev–Trinajstić information content (AvgIpc) is 2.39. The fourth-order valence-corrected chi connectivity index (χ4v) is 1.70. The third kappa shape index (κ3) is 6.06. The van der Waals surface area contributed by atoms with E-state index in [0.717, 1.165) is 32.7 Å². The number of nitrogens with zero attached hydrogens (tertiary/aromatic N) is 2. The summed E-state index contributed by atoms with van der Waals surface area (Å²) in [6.45, 7) is 3.42. The van der Waals surface area contributed by atoms with Gasteiger partial charge >= 0.3 is 0 Å². The van der Waals surface area contributed by atoms with E-state index >= 15 is 0 Å². The molecule has 0 heterocycles. The van der Waals surface area contributed by atoms with E-state index in [1.54, 1.807) is 7.11 Å². The number of benzene rings is 1. The van der Waals surface area contributed by atoms with Crippen molar-refractivity contribution in [1.82, 2.24) is 4.90 Å². The normalized spacial score (nSPS) is 10.4. The van der Waals surface area contributed by atoms with Crippen LogP contribution >= 0.6 is 0 Å². The van der Waals surface area contributed by atoms with E-state index in [4.69, 9.17) is 10.00 Å². The van der Waals surface area contributed by atoms with E-state index in [9.17, 15) is 0 Å². The molecule has 1 aromatic carbocycles. The molecule has 0 saturated carbocycles. The number of ether oxygens (including phenoxy) is 1. The van der Waals surface area contributed by atoms with Gasteiger partial charge in [-0.05, 0) is 12.0 Å². The fraction of sp³-hybridized carbons (Fsp3) is 0.500. The number of nitriles is 1. The molecule has 0 radical (unpaired) electrons. The summed E-state index contributed by atoms with van der Waals surface area (Å²) in [4.78, 5) is 2.28. The van der Waals surface area contributed by atoms with Crippen LogP contribution in [-0.4, -0.2) is 38.3 Å². The molecular formula is C14H20N2O.